The van der Waals surface area contributed by atoms with E-state index in [1.165, 1.54) is 25.7 Å². The van der Waals surface area contributed by atoms with Gasteiger partial charge in [-0.2, -0.15) is 0 Å². The summed E-state index contributed by atoms with van der Waals surface area (Å²) in [4.78, 5) is 0. The van der Waals surface area contributed by atoms with Gasteiger partial charge in [-0.25, -0.2) is 0 Å². The van der Waals surface area contributed by atoms with E-state index in [0.29, 0.717) is 12.7 Å². The van der Waals surface area contributed by atoms with Gasteiger partial charge in [0.15, 0.2) is 11.5 Å². The minimum absolute atomic E-state index is 0. The minimum atomic E-state index is 0. The van der Waals surface area contributed by atoms with Gasteiger partial charge in [-0.15, -0.1) is 12.4 Å². The van der Waals surface area contributed by atoms with Crippen molar-refractivity contribution in [3.05, 3.63) is 22.2 Å². The van der Waals surface area contributed by atoms with Gasteiger partial charge in [0.1, 0.15) is 0 Å². The summed E-state index contributed by atoms with van der Waals surface area (Å²) in [6.07, 6.45) is 5.09. The van der Waals surface area contributed by atoms with Gasteiger partial charge in [-0.1, -0.05) is 28.8 Å². The number of rotatable bonds is 2. The molecule has 1 aromatic rings. The summed E-state index contributed by atoms with van der Waals surface area (Å²) in [6, 6.07) is 4.09. The highest BCUT2D eigenvalue weighted by Crippen LogP contribution is 2.42. The number of ether oxygens (including phenoxy) is 2. The zero-order valence-electron chi connectivity index (χ0n) is 10.0. The molecule has 1 fully saturated rings. The lowest BCUT2D eigenvalue weighted by Crippen LogP contribution is -2.19. The van der Waals surface area contributed by atoms with Crippen molar-refractivity contribution in [3.8, 4) is 11.5 Å². The van der Waals surface area contributed by atoms with Crippen LogP contribution in [0.25, 0.3) is 0 Å². The summed E-state index contributed by atoms with van der Waals surface area (Å²) < 4.78 is 11.8. The first-order valence-electron chi connectivity index (χ1n) is 6.10. The summed E-state index contributed by atoms with van der Waals surface area (Å²) in [5, 5.41) is 0. The Morgan fingerprint density at radius 3 is 2.44 bits per heavy atom. The van der Waals surface area contributed by atoms with Crippen molar-refractivity contribution in [1.82, 2.24) is 0 Å². The van der Waals surface area contributed by atoms with Crippen LogP contribution >= 0.6 is 28.3 Å². The van der Waals surface area contributed by atoms with Crippen LogP contribution in [0.4, 0.5) is 0 Å². The fourth-order valence-corrected chi connectivity index (χ4v) is 3.35. The van der Waals surface area contributed by atoms with Gasteiger partial charge in [-0.05, 0) is 36.5 Å². The average Bonchev–Trinajstić information content (AvgIpc) is 2.97. The predicted octanol–water partition coefficient (Wildman–Crippen LogP) is 3.79. The highest BCUT2D eigenvalue weighted by molar-refractivity contribution is 9.10. The molecule has 3 rings (SSSR count). The summed E-state index contributed by atoms with van der Waals surface area (Å²) in [7, 11) is 0. The maximum absolute atomic E-state index is 6.37. The van der Waals surface area contributed by atoms with E-state index in [4.69, 9.17) is 15.2 Å². The van der Waals surface area contributed by atoms with Crippen LogP contribution in [0.2, 0.25) is 0 Å². The van der Waals surface area contributed by atoms with Crippen molar-refractivity contribution in [2.24, 2.45) is 11.7 Å². The molecule has 1 atom stereocenters. The molecule has 2 aliphatic rings. The van der Waals surface area contributed by atoms with Crippen molar-refractivity contribution >= 4 is 28.3 Å². The molecule has 3 nitrogen and oxygen atoms in total. The number of benzene rings is 1. The van der Waals surface area contributed by atoms with Crippen LogP contribution in [0.15, 0.2) is 16.6 Å². The molecule has 18 heavy (non-hydrogen) atoms. The molecular weight excluding hydrogens is 318 g/mol. The number of hydrogen-bond acceptors (Lipinski definition) is 3. The second-order valence-corrected chi connectivity index (χ2v) is 5.65. The van der Waals surface area contributed by atoms with Crippen LogP contribution in [0.3, 0.4) is 0 Å². The molecular formula is C13H17BrClNO2. The van der Waals surface area contributed by atoms with Gasteiger partial charge in [0.05, 0.1) is 0 Å². The average molecular weight is 335 g/mol. The standard InChI is InChI=1S/C13H16BrNO2.ClH/c14-10-6-12-11(16-7-17-12)5-9(10)13(15)8-3-1-2-4-8;/h5-6,8,13H,1-4,7,15H2;1H/t13-;/m1./s1. The fourth-order valence-electron chi connectivity index (χ4n) is 2.76. The first kappa shape index (κ1) is 14.0. The molecule has 100 valence electrons. The zero-order valence-corrected chi connectivity index (χ0v) is 12.4. The van der Waals surface area contributed by atoms with Gasteiger partial charge in [0.2, 0.25) is 6.79 Å². The van der Waals surface area contributed by atoms with Crippen LogP contribution in [0.5, 0.6) is 11.5 Å². The van der Waals surface area contributed by atoms with E-state index in [2.05, 4.69) is 15.9 Å². The van der Waals surface area contributed by atoms with Crippen LogP contribution in [0.1, 0.15) is 37.3 Å². The van der Waals surface area contributed by atoms with Crippen molar-refractivity contribution in [2.75, 3.05) is 6.79 Å². The molecule has 1 saturated carbocycles. The van der Waals surface area contributed by atoms with E-state index >= 15 is 0 Å². The van der Waals surface area contributed by atoms with Crippen LogP contribution in [-0.2, 0) is 0 Å². The van der Waals surface area contributed by atoms with E-state index in [-0.39, 0.29) is 18.4 Å². The Morgan fingerprint density at radius 1 is 1.17 bits per heavy atom. The minimum Gasteiger partial charge on any atom is -0.454 e. The molecule has 0 bridgehead atoms. The van der Waals surface area contributed by atoms with Crippen molar-refractivity contribution < 1.29 is 9.47 Å². The third kappa shape index (κ3) is 2.46. The molecule has 0 aromatic heterocycles. The highest BCUT2D eigenvalue weighted by Gasteiger charge is 2.26. The van der Waals surface area contributed by atoms with E-state index in [1.807, 2.05) is 12.1 Å². The van der Waals surface area contributed by atoms with Crippen molar-refractivity contribution in [1.29, 1.82) is 0 Å². The molecule has 1 aliphatic heterocycles. The molecule has 1 aromatic carbocycles. The van der Waals surface area contributed by atoms with Gasteiger partial charge >= 0.3 is 0 Å². The van der Waals surface area contributed by atoms with E-state index in [0.717, 1.165) is 21.5 Å². The smallest absolute Gasteiger partial charge is 0.231 e. The summed E-state index contributed by atoms with van der Waals surface area (Å²) in [5.74, 6) is 2.22. The zero-order chi connectivity index (χ0) is 11.8. The molecule has 0 spiro atoms. The third-order valence-corrected chi connectivity index (χ3v) is 4.45. The van der Waals surface area contributed by atoms with Crippen molar-refractivity contribution in [3.63, 3.8) is 0 Å². The van der Waals surface area contributed by atoms with Gasteiger partial charge in [0, 0.05) is 10.5 Å². The lowest BCUT2D eigenvalue weighted by molar-refractivity contribution is 0.174. The predicted molar refractivity (Wildman–Crippen MR) is 76.4 cm³/mol. The lowest BCUT2D eigenvalue weighted by atomic mass is 9.92. The lowest BCUT2D eigenvalue weighted by Gasteiger charge is -2.20. The first-order valence-corrected chi connectivity index (χ1v) is 6.89. The molecule has 0 radical (unpaired) electrons. The summed E-state index contributed by atoms with van der Waals surface area (Å²) in [6.45, 7) is 0.309. The number of nitrogens with two attached hydrogens (primary N) is 1. The number of fused-ring (bicyclic) bond motifs is 1. The molecule has 0 amide bonds. The van der Waals surface area contributed by atoms with Gasteiger partial charge in [0.25, 0.3) is 0 Å². The molecule has 0 saturated heterocycles. The maximum atomic E-state index is 6.37. The topological polar surface area (TPSA) is 44.5 Å². The Bertz CT molecular complexity index is 435. The molecule has 1 heterocycles. The summed E-state index contributed by atoms with van der Waals surface area (Å²) >= 11 is 3.58. The third-order valence-electron chi connectivity index (χ3n) is 3.76. The Labute approximate surface area is 122 Å². The largest absolute Gasteiger partial charge is 0.454 e. The Morgan fingerprint density at radius 2 is 1.78 bits per heavy atom. The maximum Gasteiger partial charge on any atom is 0.231 e. The Hall–Kier alpha value is -0.450. The Kier molecular flexibility index (Phi) is 4.41. The van der Waals surface area contributed by atoms with Crippen LogP contribution < -0.4 is 15.2 Å². The van der Waals surface area contributed by atoms with E-state index in [9.17, 15) is 0 Å². The number of halogens is 2. The second-order valence-electron chi connectivity index (χ2n) is 4.80. The van der Waals surface area contributed by atoms with Gasteiger partial charge in [-0.3, -0.25) is 0 Å². The first-order chi connectivity index (χ1) is 8.25. The van der Waals surface area contributed by atoms with Crippen LogP contribution in [-0.4, -0.2) is 6.79 Å². The quantitative estimate of drug-likeness (QED) is 0.895. The molecule has 1 aliphatic carbocycles. The normalized spacial score (nSPS) is 19.7. The molecule has 0 unspecified atom stereocenters. The molecule has 2 N–H and O–H groups in total. The SMILES string of the molecule is Cl.N[C@@H](c1cc2c(cc1Br)OCO2)C1CCCC1. The number of hydrogen-bond donors (Lipinski definition) is 1. The monoisotopic (exact) mass is 333 g/mol. The van der Waals surface area contributed by atoms with Crippen molar-refractivity contribution in [2.45, 2.75) is 31.7 Å². The van der Waals surface area contributed by atoms with E-state index in [1.54, 1.807) is 0 Å². The molecule has 5 heteroatoms. The fraction of sp³-hybridized carbons (Fsp3) is 0.538. The van der Waals surface area contributed by atoms with E-state index < -0.39 is 0 Å². The highest BCUT2D eigenvalue weighted by atomic mass is 79.9. The Balaban J connectivity index is 0.00000120. The summed E-state index contributed by atoms with van der Waals surface area (Å²) in [5.41, 5.74) is 7.51. The second kappa shape index (κ2) is 5.68. The van der Waals surface area contributed by atoms with Crippen LogP contribution in [0, 0.1) is 5.92 Å². The van der Waals surface area contributed by atoms with Gasteiger partial charge < -0.3 is 15.2 Å².